The summed E-state index contributed by atoms with van der Waals surface area (Å²) in [5, 5.41) is 2.80. The van der Waals surface area contributed by atoms with Crippen molar-refractivity contribution in [2.24, 2.45) is 0 Å². The highest BCUT2D eigenvalue weighted by molar-refractivity contribution is 5.93. The van der Waals surface area contributed by atoms with Crippen LogP contribution in [0.5, 0.6) is 0 Å². The molecule has 26 heavy (non-hydrogen) atoms. The second-order valence-corrected chi connectivity index (χ2v) is 6.25. The summed E-state index contributed by atoms with van der Waals surface area (Å²) in [6.07, 6.45) is 0.476. The van der Waals surface area contributed by atoms with Crippen molar-refractivity contribution in [2.45, 2.75) is 53.1 Å². The van der Waals surface area contributed by atoms with Gasteiger partial charge in [-0.15, -0.1) is 0 Å². The zero-order valence-electron chi connectivity index (χ0n) is 15.7. The number of esters is 1. The molecular formula is C19H25N3O4. The van der Waals surface area contributed by atoms with Crippen LogP contribution in [-0.2, 0) is 22.5 Å². The lowest BCUT2D eigenvalue weighted by Gasteiger charge is -2.12. The zero-order valence-corrected chi connectivity index (χ0v) is 15.7. The van der Waals surface area contributed by atoms with E-state index in [1.54, 1.807) is 29.7 Å². The van der Waals surface area contributed by atoms with Crippen LogP contribution in [0, 0.1) is 0 Å². The van der Waals surface area contributed by atoms with E-state index in [0.29, 0.717) is 28.8 Å². The van der Waals surface area contributed by atoms with Gasteiger partial charge in [-0.1, -0.05) is 0 Å². The zero-order chi connectivity index (χ0) is 19.3. The molecule has 1 amide bonds. The fraction of sp³-hybridized carbons (Fsp3) is 0.474. The molecule has 0 spiro atoms. The molecule has 7 heteroatoms. The molecule has 1 heterocycles. The monoisotopic (exact) mass is 359 g/mol. The summed E-state index contributed by atoms with van der Waals surface area (Å²) in [6.45, 7) is 8.09. The number of carbonyl (C=O) groups is 2. The first-order chi connectivity index (χ1) is 12.4. The van der Waals surface area contributed by atoms with Crippen molar-refractivity contribution in [1.82, 2.24) is 14.9 Å². The molecule has 0 radical (unpaired) electrons. The number of hydrogen-bond donors (Lipinski definition) is 1. The maximum absolute atomic E-state index is 12.7. The van der Waals surface area contributed by atoms with Gasteiger partial charge in [0.2, 0.25) is 5.91 Å². The van der Waals surface area contributed by atoms with E-state index in [4.69, 9.17) is 4.74 Å². The molecular weight excluding hydrogens is 334 g/mol. The smallest absolute Gasteiger partial charge is 0.338 e. The molecule has 0 unspecified atom stereocenters. The second kappa shape index (κ2) is 8.60. The first-order valence-electron chi connectivity index (χ1n) is 8.87. The Balaban J connectivity index is 2.38. The second-order valence-electron chi connectivity index (χ2n) is 6.25. The maximum Gasteiger partial charge on any atom is 0.338 e. The first-order valence-corrected chi connectivity index (χ1v) is 8.87. The summed E-state index contributed by atoms with van der Waals surface area (Å²) in [6, 6.07) is 5.01. The van der Waals surface area contributed by atoms with E-state index in [9.17, 15) is 14.4 Å². The van der Waals surface area contributed by atoms with Gasteiger partial charge in [0.25, 0.3) is 5.56 Å². The Morgan fingerprint density at radius 1 is 1.27 bits per heavy atom. The SMILES string of the molecule is CCOC(=O)c1ccc2nc(CCC(=O)NC(C)C)c(=O)n(CC)c2c1. The third-order valence-electron chi connectivity index (χ3n) is 3.88. The van der Waals surface area contributed by atoms with Gasteiger partial charge in [0.1, 0.15) is 5.69 Å². The van der Waals surface area contributed by atoms with Crippen LogP contribution in [0.3, 0.4) is 0 Å². The van der Waals surface area contributed by atoms with Crippen LogP contribution in [0.25, 0.3) is 11.0 Å². The average molecular weight is 359 g/mol. The number of aryl methyl sites for hydroxylation is 2. The molecule has 2 rings (SSSR count). The highest BCUT2D eigenvalue weighted by atomic mass is 16.5. The van der Waals surface area contributed by atoms with E-state index in [0.717, 1.165) is 0 Å². The summed E-state index contributed by atoms with van der Waals surface area (Å²) in [5.74, 6) is -0.541. The lowest BCUT2D eigenvalue weighted by Crippen LogP contribution is -2.31. The van der Waals surface area contributed by atoms with E-state index in [1.165, 1.54) is 0 Å². The van der Waals surface area contributed by atoms with E-state index >= 15 is 0 Å². The number of benzene rings is 1. The number of amides is 1. The fourth-order valence-electron chi connectivity index (χ4n) is 2.74. The van der Waals surface area contributed by atoms with Crippen molar-refractivity contribution in [3.63, 3.8) is 0 Å². The fourth-order valence-corrected chi connectivity index (χ4v) is 2.74. The number of nitrogens with one attached hydrogen (secondary N) is 1. The molecule has 2 aromatic rings. The Morgan fingerprint density at radius 2 is 2.00 bits per heavy atom. The Bertz CT molecular complexity index is 871. The van der Waals surface area contributed by atoms with Crippen molar-refractivity contribution >= 4 is 22.9 Å². The van der Waals surface area contributed by atoms with Gasteiger partial charge in [0.05, 0.1) is 23.2 Å². The van der Waals surface area contributed by atoms with Crippen molar-refractivity contribution in [1.29, 1.82) is 0 Å². The predicted octanol–water partition coefficient (Wildman–Crippen LogP) is 2.05. The summed E-state index contributed by atoms with van der Waals surface area (Å²) < 4.78 is 6.58. The number of hydrogen-bond acceptors (Lipinski definition) is 5. The quantitative estimate of drug-likeness (QED) is 0.764. The van der Waals surface area contributed by atoms with Gasteiger partial charge < -0.3 is 14.6 Å². The Morgan fingerprint density at radius 3 is 2.62 bits per heavy atom. The summed E-state index contributed by atoms with van der Waals surface area (Å²) >= 11 is 0. The minimum Gasteiger partial charge on any atom is -0.462 e. The predicted molar refractivity (Wildman–Crippen MR) is 99.2 cm³/mol. The summed E-state index contributed by atoms with van der Waals surface area (Å²) in [5.41, 5.74) is 1.68. The molecule has 1 N–H and O–H groups in total. The van der Waals surface area contributed by atoms with Crippen molar-refractivity contribution in [2.75, 3.05) is 6.61 Å². The number of ether oxygens (including phenoxy) is 1. The van der Waals surface area contributed by atoms with Crippen LogP contribution >= 0.6 is 0 Å². The molecule has 1 aromatic heterocycles. The van der Waals surface area contributed by atoms with E-state index < -0.39 is 5.97 Å². The normalized spacial score (nSPS) is 11.0. The van der Waals surface area contributed by atoms with Crippen LogP contribution in [0.2, 0.25) is 0 Å². The van der Waals surface area contributed by atoms with Crippen molar-refractivity contribution in [3.8, 4) is 0 Å². The molecule has 0 aliphatic rings. The van der Waals surface area contributed by atoms with Crippen LogP contribution in [-0.4, -0.2) is 34.1 Å². The van der Waals surface area contributed by atoms with Crippen LogP contribution in [0.4, 0.5) is 0 Å². The summed E-state index contributed by atoms with van der Waals surface area (Å²) in [4.78, 5) is 40.9. The molecule has 0 saturated carbocycles. The molecule has 0 saturated heterocycles. The lowest BCUT2D eigenvalue weighted by molar-refractivity contribution is -0.121. The summed E-state index contributed by atoms with van der Waals surface area (Å²) in [7, 11) is 0. The highest BCUT2D eigenvalue weighted by Crippen LogP contribution is 2.15. The topological polar surface area (TPSA) is 90.3 Å². The third-order valence-corrected chi connectivity index (χ3v) is 3.88. The molecule has 1 aromatic carbocycles. The molecule has 0 aliphatic carbocycles. The van der Waals surface area contributed by atoms with Gasteiger partial charge in [0, 0.05) is 25.4 Å². The Kier molecular flexibility index (Phi) is 6.49. The van der Waals surface area contributed by atoms with Crippen LogP contribution < -0.4 is 10.9 Å². The molecule has 7 nitrogen and oxygen atoms in total. The molecule has 0 bridgehead atoms. The number of rotatable bonds is 7. The highest BCUT2D eigenvalue weighted by Gasteiger charge is 2.15. The van der Waals surface area contributed by atoms with Crippen molar-refractivity contribution < 1.29 is 14.3 Å². The number of fused-ring (bicyclic) bond motifs is 1. The van der Waals surface area contributed by atoms with E-state index in [-0.39, 0.29) is 37.0 Å². The van der Waals surface area contributed by atoms with Gasteiger partial charge in [-0.3, -0.25) is 9.59 Å². The first kappa shape index (κ1) is 19.6. The van der Waals surface area contributed by atoms with Crippen LogP contribution in [0.15, 0.2) is 23.0 Å². The minimum absolute atomic E-state index is 0.0562. The van der Waals surface area contributed by atoms with Gasteiger partial charge in [-0.25, -0.2) is 9.78 Å². The standard InChI is InChI=1S/C19H25N3O4/c1-5-22-16-11-13(19(25)26-6-2)7-8-14(16)21-15(18(22)24)9-10-17(23)20-12(3)4/h7-8,11-12H,5-6,9-10H2,1-4H3,(H,20,23). The van der Waals surface area contributed by atoms with Crippen molar-refractivity contribution in [3.05, 3.63) is 39.8 Å². The number of aromatic nitrogens is 2. The minimum atomic E-state index is -0.432. The van der Waals surface area contributed by atoms with Gasteiger partial charge in [0.15, 0.2) is 0 Å². The molecule has 0 atom stereocenters. The van der Waals surface area contributed by atoms with Crippen LogP contribution in [0.1, 0.15) is 50.2 Å². The largest absolute Gasteiger partial charge is 0.462 e. The third kappa shape index (κ3) is 4.47. The van der Waals surface area contributed by atoms with Gasteiger partial charge >= 0.3 is 5.97 Å². The molecule has 0 fully saturated rings. The van der Waals surface area contributed by atoms with Gasteiger partial charge in [-0.05, 0) is 45.9 Å². The average Bonchev–Trinajstić information content (AvgIpc) is 2.59. The van der Waals surface area contributed by atoms with Gasteiger partial charge in [-0.2, -0.15) is 0 Å². The van der Waals surface area contributed by atoms with E-state index in [1.807, 2.05) is 20.8 Å². The molecule has 140 valence electrons. The number of carbonyl (C=O) groups excluding carboxylic acids is 2. The molecule has 0 aliphatic heterocycles. The Labute approximate surface area is 152 Å². The lowest BCUT2D eigenvalue weighted by atomic mass is 10.1. The number of nitrogens with zero attached hydrogens (tertiary/aromatic N) is 2. The van der Waals surface area contributed by atoms with E-state index in [2.05, 4.69) is 10.3 Å². The Hall–Kier alpha value is -2.70. The maximum atomic E-state index is 12.7.